The average molecular weight is 890 g/mol. The highest BCUT2D eigenvalue weighted by Gasteiger charge is 2.57. The van der Waals surface area contributed by atoms with Gasteiger partial charge in [0.2, 0.25) is 0 Å². The summed E-state index contributed by atoms with van der Waals surface area (Å²) < 4.78 is 0. The zero-order valence-electron chi connectivity index (χ0n) is 40.3. The number of hydrogen-bond acceptors (Lipinski definition) is 1. The van der Waals surface area contributed by atoms with Gasteiger partial charge in [0, 0.05) is 16.7 Å². The molecule has 0 saturated carbocycles. The van der Waals surface area contributed by atoms with Crippen molar-refractivity contribution in [3.63, 3.8) is 0 Å². The molecule has 0 bridgehead atoms. The molecule has 2 aliphatic carbocycles. The second kappa shape index (κ2) is 13.2. The van der Waals surface area contributed by atoms with Crippen LogP contribution < -0.4 is 25.6 Å². The van der Waals surface area contributed by atoms with Crippen LogP contribution in [0.5, 0.6) is 0 Å². The van der Waals surface area contributed by atoms with E-state index in [4.69, 9.17) is 0 Å². The van der Waals surface area contributed by atoms with Crippen molar-refractivity contribution in [2.75, 3.05) is 4.90 Å². The van der Waals surface area contributed by atoms with Crippen molar-refractivity contribution in [1.82, 2.24) is 0 Å². The summed E-state index contributed by atoms with van der Waals surface area (Å²) in [6.07, 6.45) is 0. The molecule has 0 unspecified atom stereocenters. The first-order valence-corrected chi connectivity index (χ1v) is 26.7. The Hall–Kier alpha value is -7.00. The van der Waals surface area contributed by atoms with E-state index in [-0.39, 0.29) is 16.2 Å². The van der Waals surface area contributed by atoms with Crippen molar-refractivity contribution in [2.24, 2.45) is 0 Å². The minimum Gasteiger partial charge on any atom is -0.310 e. The summed E-state index contributed by atoms with van der Waals surface area (Å²) in [5, 5.41) is 6.00. The molecule has 1 nitrogen and oxygen atoms in total. The summed E-state index contributed by atoms with van der Waals surface area (Å²) in [5.41, 5.74) is 24.8. The molecule has 0 atom stereocenters. The van der Waals surface area contributed by atoms with Crippen LogP contribution in [0.3, 0.4) is 0 Å². The lowest BCUT2D eigenvalue weighted by Gasteiger charge is -2.47. The Labute approximate surface area is 402 Å². The van der Waals surface area contributed by atoms with Crippen LogP contribution in [0.15, 0.2) is 188 Å². The maximum Gasteiger partial charge on any atom is 0.182 e. The van der Waals surface area contributed by atoms with E-state index in [1.54, 1.807) is 0 Å². The SMILES string of the molecule is CC(C)(C)c1ccc2c(c1)C1(c3cc(C(C)(C)C)ccc3-2)c2ccccc2N(c2ccc3c(c2)[Si]2(c4ccccc4-c4ccccc42)c2ccccc2-3)c2ccc3c(c21)-c1ccccc1C3(C)C. The van der Waals surface area contributed by atoms with Gasteiger partial charge in [-0.25, -0.2) is 0 Å². The first-order chi connectivity index (χ1) is 32.8. The predicted molar refractivity (Wildman–Crippen MR) is 289 cm³/mol. The van der Waals surface area contributed by atoms with E-state index in [2.05, 4.69) is 248 Å². The molecule has 328 valence electrons. The summed E-state index contributed by atoms with van der Waals surface area (Å²) in [6, 6.07) is 74.2. The summed E-state index contributed by atoms with van der Waals surface area (Å²) >= 11 is 0. The van der Waals surface area contributed by atoms with Crippen LogP contribution in [0.25, 0.3) is 44.5 Å². The highest BCUT2D eigenvalue weighted by molar-refractivity contribution is 7.24. The molecular weight excluding hydrogens is 835 g/mol. The maximum atomic E-state index is 2.67. The summed E-state index contributed by atoms with van der Waals surface area (Å²) in [6.45, 7) is 19.1. The minimum absolute atomic E-state index is 0.0445. The van der Waals surface area contributed by atoms with Gasteiger partial charge >= 0.3 is 0 Å². The molecule has 9 aromatic rings. The molecule has 0 amide bonds. The Balaban J connectivity index is 1.13. The predicted octanol–water partition coefficient (Wildman–Crippen LogP) is 14.1. The van der Waals surface area contributed by atoms with E-state index in [1.165, 1.54) is 127 Å². The maximum absolute atomic E-state index is 2.72. The van der Waals surface area contributed by atoms with E-state index in [0.29, 0.717) is 0 Å². The van der Waals surface area contributed by atoms with Crippen molar-refractivity contribution in [3.05, 3.63) is 233 Å². The number of rotatable bonds is 1. The molecule has 14 rings (SSSR count). The van der Waals surface area contributed by atoms with Crippen LogP contribution in [0.2, 0.25) is 0 Å². The molecule has 68 heavy (non-hydrogen) atoms. The monoisotopic (exact) mass is 889 g/mol. The number of para-hydroxylation sites is 1. The van der Waals surface area contributed by atoms with E-state index in [1.807, 2.05) is 0 Å². The lowest BCUT2D eigenvalue weighted by atomic mass is 9.61. The third-order valence-corrected chi connectivity index (χ3v) is 22.0. The fraction of sp³-hybridized carbons (Fsp3) is 0.182. The average Bonchev–Trinajstić information content (AvgIpc) is 3.99. The molecule has 0 saturated heterocycles. The molecule has 2 spiro atoms. The molecular formula is C66H55NSi. The number of benzene rings is 9. The third kappa shape index (κ3) is 4.77. The lowest BCUT2D eigenvalue weighted by molar-refractivity contribution is 0.586. The normalized spacial score (nSPS) is 16.3. The van der Waals surface area contributed by atoms with Gasteiger partial charge in [-0.15, -0.1) is 0 Å². The molecule has 0 aromatic heterocycles. The number of hydrogen-bond donors (Lipinski definition) is 0. The first-order valence-electron chi connectivity index (χ1n) is 24.7. The molecule has 0 fully saturated rings. The van der Waals surface area contributed by atoms with Gasteiger partial charge in [0.05, 0.1) is 16.8 Å². The smallest absolute Gasteiger partial charge is 0.182 e. The number of anilines is 3. The molecule has 0 N–H and O–H groups in total. The van der Waals surface area contributed by atoms with Crippen molar-refractivity contribution in [1.29, 1.82) is 0 Å². The van der Waals surface area contributed by atoms with Crippen molar-refractivity contribution < 1.29 is 0 Å². The second-order valence-electron chi connectivity index (χ2n) is 22.8. The highest BCUT2D eigenvalue weighted by Crippen LogP contribution is 2.68. The summed E-state index contributed by atoms with van der Waals surface area (Å²) in [7, 11) is -2.72. The van der Waals surface area contributed by atoms with Crippen molar-refractivity contribution in [3.8, 4) is 44.5 Å². The minimum atomic E-state index is -2.72. The van der Waals surface area contributed by atoms with E-state index < -0.39 is 13.5 Å². The Morgan fingerprint density at radius 1 is 0.368 bits per heavy atom. The lowest BCUT2D eigenvalue weighted by Crippen LogP contribution is -2.70. The van der Waals surface area contributed by atoms with Gasteiger partial charge in [0.15, 0.2) is 8.07 Å². The van der Waals surface area contributed by atoms with Gasteiger partial charge in [-0.3, -0.25) is 0 Å². The zero-order chi connectivity index (χ0) is 46.3. The largest absolute Gasteiger partial charge is 0.310 e. The van der Waals surface area contributed by atoms with E-state index >= 15 is 0 Å². The molecule has 3 heterocycles. The summed E-state index contributed by atoms with van der Waals surface area (Å²) in [5.74, 6) is 0. The van der Waals surface area contributed by atoms with Crippen LogP contribution in [-0.2, 0) is 21.7 Å². The Morgan fingerprint density at radius 2 is 0.838 bits per heavy atom. The van der Waals surface area contributed by atoms with Crippen molar-refractivity contribution >= 4 is 45.9 Å². The van der Waals surface area contributed by atoms with Crippen molar-refractivity contribution in [2.45, 2.75) is 77.0 Å². The Bertz CT molecular complexity index is 3570. The topological polar surface area (TPSA) is 3.24 Å². The van der Waals surface area contributed by atoms with Crippen LogP contribution in [0.1, 0.15) is 99.9 Å². The van der Waals surface area contributed by atoms with Crippen LogP contribution >= 0.6 is 0 Å². The zero-order valence-corrected chi connectivity index (χ0v) is 41.3. The standard InChI is InChI=1S/C66H55NSi/c1-63(2,3)40-29-32-43-44-33-30-41(64(4,5)6)38-54(44)66(53(43)37-40)51-24-14-15-25-55(51)67(56-36-35-52-61(62(56)66)49-22-9-13-23-50(49)65(52,7)8)42-31-34-48-47-21-12-18-28-59(47)68(60(48)39-42)57-26-16-10-19-45(57)46-20-11-17-27-58(46)68/h9-39H,1-8H3. The van der Waals surface area contributed by atoms with Crippen LogP contribution in [0, 0.1) is 0 Å². The Morgan fingerprint density at radius 3 is 1.40 bits per heavy atom. The van der Waals surface area contributed by atoms with E-state index in [9.17, 15) is 0 Å². The molecule has 9 aromatic carbocycles. The molecule has 5 aliphatic rings. The fourth-order valence-electron chi connectivity index (χ4n) is 13.9. The number of fused-ring (bicyclic) bond motifs is 23. The van der Waals surface area contributed by atoms with E-state index in [0.717, 1.165) is 0 Å². The van der Waals surface area contributed by atoms with Crippen LogP contribution in [0.4, 0.5) is 17.1 Å². The number of nitrogens with zero attached hydrogens (tertiary/aromatic N) is 1. The van der Waals surface area contributed by atoms with Crippen LogP contribution in [-0.4, -0.2) is 8.07 Å². The first kappa shape index (κ1) is 40.1. The fourth-order valence-corrected chi connectivity index (χ4v) is 19.5. The highest BCUT2D eigenvalue weighted by atomic mass is 28.3. The molecule has 2 heteroatoms. The van der Waals surface area contributed by atoms with Gasteiger partial charge in [-0.05, 0) is 139 Å². The quantitative estimate of drug-likeness (QED) is 0.148. The Kier molecular flexibility index (Phi) is 7.76. The summed E-state index contributed by atoms with van der Waals surface area (Å²) in [4.78, 5) is 2.67. The van der Waals surface area contributed by atoms with Gasteiger partial charge in [0.1, 0.15) is 0 Å². The second-order valence-corrected chi connectivity index (χ2v) is 26.4. The molecule has 3 aliphatic heterocycles. The molecule has 0 radical (unpaired) electrons. The third-order valence-electron chi connectivity index (χ3n) is 17.0. The van der Waals surface area contributed by atoms with Gasteiger partial charge in [0.25, 0.3) is 0 Å². The van der Waals surface area contributed by atoms with Gasteiger partial charge < -0.3 is 4.90 Å². The van der Waals surface area contributed by atoms with Gasteiger partial charge in [-0.1, -0.05) is 219 Å². The van der Waals surface area contributed by atoms with Gasteiger partial charge in [-0.2, -0.15) is 0 Å².